The Morgan fingerprint density at radius 2 is 0.727 bits per heavy atom. The molecule has 0 spiro atoms. The molecule has 0 aliphatic heterocycles. The Morgan fingerprint density at radius 3 is 1.31 bits per heavy atom. The average Bonchev–Trinajstić information content (AvgIpc) is 3.65. The fraction of sp³-hybridized carbons (Fsp3) is 0. The van der Waals surface area contributed by atoms with Crippen LogP contribution in [0, 0.1) is 0 Å². The van der Waals surface area contributed by atoms with Gasteiger partial charge >= 0.3 is 0 Å². The van der Waals surface area contributed by atoms with Crippen molar-refractivity contribution >= 4 is 54.1 Å². The first kappa shape index (κ1) is 31.3. The number of aromatic nitrogens is 2. The highest BCUT2D eigenvalue weighted by molar-refractivity contribution is 6.21. The third-order valence-corrected chi connectivity index (χ3v) is 11.2. The van der Waals surface area contributed by atoms with Crippen LogP contribution < -0.4 is 0 Å². The molecule has 0 radical (unpaired) electrons. The molecule has 10 aromatic carbocycles. The normalized spacial score (nSPS) is 11.6. The molecule has 0 N–H and O–H groups in total. The van der Waals surface area contributed by atoms with E-state index >= 15 is 0 Å². The molecule has 2 heteroatoms. The summed E-state index contributed by atoms with van der Waals surface area (Å²) in [7, 11) is 0. The number of fused-ring (bicyclic) bond motifs is 5. The zero-order chi connectivity index (χ0) is 36.3. The van der Waals surface area contributed by atoms with E-state index in [4.69, 9.17) is 4.98 Å². The minimum atomic E-state index is 0.937. The Kier molecular flexibility index (Phi) is 7.21. The van der Waals surface area contributed by atoms with E-state index in [-0.39, 0.29) is 0 Å². The van der Waals surface area contributed by atoms with E-state index in [1.807, 2.05) is 0 Å². The van der Waals surface area contributed by atoms with Gasteiger partial charge in [-0.05, 0) is 113 Å². The van der Waals surface area contributed by atoms with Gasteiger partial charge in [0.1, 0.15) is 5.82 Å². The van der Waals surface area contributed by atoms with Crippen LogP contribution >= 0.6 is 0 Å². The van der Waals surface area contributed by atoms with Gasteiger partial charge in [-0.1, -0.05) is 170 Å². The predicted molar refractivity (Wildman–Crippen MR) is 233 cm³/mol. The fourth-order valence-electron chi connectivity index (χ4n) is 8.54. The first-order valence-electron chi connectivity index (χ1n) is 18.9. The molecule has 0 fully saturated rings. The molecular weight excluding hydrogens is 665 g/mol. The van der Waals surface area contributed by atoms with Gasteiger partial charge in [0.15, 0.2) is 0 Å². The van der Waals surface area contributed by atoms with E-state index in [0.717, 1.165) is 28.1 Å². The highest BCUT2D eigenvalue weighted by Crippen LogP contribution is 2.44. The molecular formula is C53H34N2. The van der Waals surface area contributed by atoms with Crippen molar-refractivity contribution in [2.24, 2.45) is 0 Å². The SMILES string of the molecule is c1ccc2cc(-c3ccc(-c4c5ccccc5c(-c5ccc(-n6c(-c7ccc8ccccc8c7)nc7ccccc76)cc5)c5ccccc45)cc3)ccc2c1. The van der Waals surface area contributed by atoms with Gasteiger partial charge in [-0.3, -0.25) is 4.57 Å². The molecule has 0 aliphatic rings. The minimum absolute atomic E-state index is 0.937. The summed E-state index contributed by atoms with van der Waals surface area (Å²) in [5, 5.41) is 9.93. The molecule has 0 aliphatic carbocycles. The Hall–Kier alpha value is -7.29. The van der Waals surface area contributed by atoms with Crippen LogP contribution in [0.15, 0.2) is 206 Å². The Bertz CT molecular complexity index is 3180. The second-order valence-corrected chi connectivity index (χ2v) is 14.3. The molecule has 0 saturated heterocycles. The molecule has 0 amide bonds. The van der Waals surface area contributed by atoms with Crippen molar-refractivity contribution in [3.63, 3.8) is 0 Å². The molecule has 0 unspecified atom stereocenters. The summed E-state index contributed by atoms with van der Waals surface area (Å²) in [6, 6.07) is 74.7. The van der Waals surface area contributed by atoms with Crippen molar-refractivity contribution < 1.29 is 0 Å². The van der Waals surface area contributed by atoms with E-state index in [0.29, 0.717) is 0 Å². The van der Waals surface area contributed by atoms with Crippen molar-refractivity contribution in [2.75, 3.05) is 0 Å². The molecule has 256 valence electrons. The number of hydrogen-bond acceptors (Lipinski definition) is 1. The summed E-state index contributed by atoms with van der Waals surface area (Å²) in [5.74, 6) is 0.937. The second-order valence-electron chi connectivity index (χ2n) is 14.3. The maximum atomic E-state index is 5.16. The predicted octanol–water partition coefficient (Wildman–Crippen LogP) is 14.3. The van der Waals surface area contributed by atoms with Crippen LogP contribution in [0.1, 0.15) is 0 Å². The Morgan fingerprint density at radius 1 is 0.309 bits per heavy atom. The van der Waals surface area contributed by atoms with Gasteiger partial charge in [0.2, 0.25) is 0 Å². The number of para-hydroxylation sites is 2. The molecule has 1 aromatic heterocycles. The van der Waals surface area contributed by atoms with Crippen molar-refractivity contribution in [3.8, 4) is 50.5 Å². The number of benzene rings is 10. The molecule has 11 aromatic rings. The lowest BCUT2D eigenvalue weighted by Crippen LogP contribution is -1.98. The van der Waals surface area contributed by atoms with Gasteiger partial charge < -0.3 is 0 Å². The summed E-state index contributed by atoms with van der Waals surface area (Å²) >= 11 is 0. The van der Waals surface area contributed by atoms with Crippen LogP contribution in [0.4, 0.5) is 0 Å². The van der Waals surface area contributed by atoms with Crippen LogP contribution in [0.3, 0.4) is 0 Å². The maximum absolute atomic E-state index is 5.16. The van der Waals surface area contributed by atoms with Gasteiger partial charge in [0.05, 0.1) is 11.0 Å². The monoisotopic (exact) mass is 698 g/mol. The number of nitrogens with zero attached hydrogens (tertiary/aromatic N) is 2. The lowest BCUT2D eigenvalue weighted by molar-refractivity contribution is 1.10. The average molecular weight is 699 g/mol. The molecule has 0 saturated carbocycles. The van der Waals surface area contributed by atoms with Crippen LogP contribution in [0.2, 0.25) is 0 Å². The van der Waals surface area contributed by atoms with E-state index in [1.165, 1.54) is 76.5 Å². The second kappa shape index (κ2) is 12.7. The summed E-state index contributed by atoms with van der Waals surface area (Å²) in [5.41, 5.74) is 11.6. The first-order valence-corrected chi connectivity index (χ1v) is 18.9. The van der Waals surface area contributed by atoms with Crippen LogP contribution in [0.25, 0.3) is 105 Å². The number of imidazole rings is 1. The summed E-state index contributed by atoms with van der Waals surface area (Å²) in [6.07, 6.45) is 0. The minimum Gasteiger partial charge on any atom is -0.292 e. The smallest absolute Gasteiger partial charge is 0.145 e. The Balaban J connectivity index is 1.04. The van der Waals surface area contributed by atoms with E-state index in [9.17, 15) is 0 Å². The fourth-order valence-corrected chi connectivity index (χ4v) is 8.54. The van der Waals surface area contributed by atoms with E-state index in [1.54, 1.807) is 0 Å². The van der Waals surface area contributed by atoms with Crippen molar-refractivity contribution in [2.45, 2.75) is 0 Å². The van der Waals surface area contributed by atoms with Crippen molar-refractivity contribution in [1.29, 1.82) is 0 Å². The molecule has 0 bridgehead atoms. The van der Waals surface area contributed by atoms with Crippen molar-refractivity contribution in [3.05, 3.63) is 206 Å². The van der Waals surface area contributed by atoms with Gasteiger partial charge in [-0.15, -0.1) is 0 Å². The van der Waals surface area contributed by atoms with Gasteiger partial charge in [0.25, 0.3) is 0 Å². The maximum Gasteiger partial charge on any atom is 0.145 e. The molecule has 55 heavy (non-hydrogen) atoms. The highest BCUT2D eigenvalue weighted by atomic mass is 15.1. The zero-order valence-corrected chi connectivity index (χ0v) is 30.0. The van der Waals surface area contributed by atoms with Crippen LogP contribution in [-0.2, 0) is 0 Å². The van der Waals surface area contributed by atoms with E-state index in [2.05, 4.69) is 211 Å². The standard InChI is InChI=1S/C53H34N2/c1-3-13-40-33-42(27-23-35(40)11-1)37-21-25-38(26-22-37)51-45-15-5-7-17-47(45)52(48-18-8-6-16-46(48)51)39-29-31-44(32-30-39)55-50-20-10-9-19-49(50)54-53(55)43-28-24-36-12-2-4-14-41(36)34-43/h1-34H. The highest BCUT2D eigenvalue weighted by Gasteiger charge is 2.18. The zero-order valence-electron chi connectivity index (χ0n) is 30.0. The molecule has 2 nitrogen and oxygen atoms in total. The first-order chi connectivity index (χ1) is 27.3. The third kappa shape index (κ3) is 5.22. The lowest BCUT2D eigenvalue weighted by Gasteiger charge is -2.18. The van der Waals surface area contributed by atoms with Gasteiger partial charge in [-0.25, -0.2) is 4.98 Å². The lowest BCUT2D eigenvalue weighted by atomic mass is 9.85. The number of hydrogen-bond donors (Lipinski definition) is 0. The molecule has 1 heterocycles. The van der Waals surface area contributed by atoms with Crippen molar-refractivity contribution in [1.82, 2.24) is 9.55 Å². The van der Waals surface area contributed by atoms with Gasteiger partial charge in [-0.2, -0.15) is 0 Å². The van der Waals surface area contributed by atoms with Gasteiger partial charge in [0, 0.05) is 11.3 Å². The largest absolute Gasteiger partial charge is 0.292 e. The molecule has 0 atom stereocenters. The number of rotatable bonds is 5. The third-order valence-electron chi connectivity index (χ3n) is 11.2. The summed E-state index contributed by atoms with van der Waals surface area (Å²) in [4.78, 5) is 5.16. The quantitative estimate of drug-likeness (QED) is 0.164. The summed E-state index contributed by atoms with van der Waals surface area (Å²) in [6.45, 7) is 0. The summed E-state index contributed by atoms with van der Waals surface area (Å²) < 4.78 is 2.30. The topological polar surface area (TPSA) is 17.8 Å². The molecule has 11 rings (SSSR count). The van der Waals surface area contributed by atoms with Crippen LogP contribution in [0.5, 0.6) is 0 Å². The Labute approximate surface area is 319 Å². The van der Waals surface area contributed by atoms with Crippen LogP contribution in [-0.4, -0.2) is 9.55 Å². The van der Waals surface area contributed by atoms with E-state index < -0.39 is 0 Å².